The van der Waals surface area contributed by atoms with E-state index in [4.69, 9.17) is 18.0 Å². The molecule has 182 valence electrons. The van der Waals surface area contributed by atoms with Gasteiger partial charge in [-0.1, -0.05) is 18.6 Å². The first-order chi connectivity index (χ1) is 16.9. The number of rotatable bonds is 4. The lowest BCUT2D eigenvalue weighted by Crippen LogP contribution is -2.63. The maximum Gasteiger partial charge on any atom is 0.266 e. The quantitative estimate of drug-likeness (QED) is 0.546. The van der Waals surface area contributed by atoms with Crippen molar-refractivity contribution in [3.63, 3.8) is 0 Å². The first-order valence-electron chi connectivity index (χ1n) is 12.1. The number of para-hydroxylation sites is 1. The lowest BCUT2D eigenvalue weighted by Gasteiger charge is -2.48. The Hall–Kier alpha value is -3.30. The van der Waals surface area contributed by atoms with Crippen LogP contribution < -0.4 is 11.3 Å². The Kier molecular flexibility index (Phi) is 6.29. The number of nitrogens with zero attached hydrogens (tertiary/aromatic N) is 3. The number of H-pyrrole nitrogens is 1. The molecule has 3 N–H and O–H groups in total. The number of aromatic nitrogens is 2. The number of nitrogens with two attached hydrogens (primary N) is 1. The summed E-state index contributed by atoms with van der Waals surface area (Å²) in [6.07, 6.45) is 4.44. The van der Waals surface area contributed by atoms with Gasteiger partial charge in [-0.15, -0.1) is 0 Å². The minimum atomic E-state index is -0.658. The molecule has 2 fully saturated rings. The number of carbonyl (C=O) groups is 2. The predicted octanol–water partition coefficient (Wildman–Crippen LogP) is 2.99. The summed E-state index contributed by atoms with van der Waals surface area (Å²) in [5.74, 6) is -0.377. The van der Waals surface area contributed by atoms with Gasteiger partial charge in [-0.05, 0) is 87.4 Å². The molecule has 2 saturated heterocycles. The van der Waals surface area contributed by atoms with E-state index in [0.29, 0.717) is 52.9 Å². The Labute approximate surface area is 208 Å². The van der Waals surface area contributed by atoms with Crippen LogP contribution in [0.3, 0.4) is 0 Å². The summed E-state index contributed by atoms with van der Waals surface area (Å²) in [4.78, 5) is 45.8. The molecule has 1 aromatic heterocycles. The maximum atomic E-state index is 13.2. The second-order valence-corrected chi connectivity index (χ2v) is 9.79. The molecule has 0 spiro atoms. The van der Waals surface area contributed by atoms with Crippen LogP contribution in [-0.4, -0.2) is 62.9 Å². The highest BCUT2D eigenvalue weighted by molar-refractivity contribution is 7.71. The fraction of sp³-hybridized carbons (Fsp3) is 0.385. The number of likely N-dealkylation sites (tertiary alicyclic amines) is 2. The van der Waals surface area contributed by atoms with Crippen LogP contribution in [0.15, 0.2) is 53.3 Å². The Bertz CT molecular complexity index is 1380. The summed E-state index contributed by atoms with van der Waals surface area (Å²) in [7, 11) is 0. The highest BCUT2D eigenvalue weighted by atomic mass is 32.1. The maximum absolute atomic E-state index is 13.2. The van der Waals surface area contributed by atoms with Crippen LogP contribution in [0.2, 0.25) is 0 Å². The molecule has 3 aromatic rings. The molecule has 0 bridgehead atoms. The molecule has 2 aliphatic rings. The third kappa shape index (κ3) is 4.19. The standard InChI is InChI=1S/C26H29N5O3S/c27-24(34)26(30-14-4-1-5-15-30)12-16-29(17-13-26)22(32)18-8-10-19(11-9-18)31-23(33)20-6-2-3-7-21(20)28-25(31)35/h2-3,6-11H,1,4-5,12-17H2,(H2,27,34)(H,28,35). The third-order valence-corrected chi connectivity index (χ3v) is 7.76. The SMILES string of the molecule is NC(=O)C1(N2CCCCC2)CCN(C(=O)c2ccc(-n3c(=S)[nH]c4ccccc4c3=O)cc2)CC1. The normalized spacial score (nSPS) is 18.5. The van der Waals surface area contributed by atoms with E-state index >= 15 is 0 Å². The zero-order valence-corrected chi connectivity index (χ0v) is 20.4. The molecule has 5 rings (SSSR count). The number of piperidine rings is 2. The number of benzene rings is 2. The summed E-state index contributed by atoms with van der Waals surface area (Å²) in [6, 6.07) is 14.1. The van der Waals surface area contributed by atoms with Crippen molar-refractivity contribution < 1.29 is 9.59 Å². The fourth-order valence-corrected chi connectivity index (χ4v) is 5.75. The molecular weight excluding hydrogens is 462 g/mol. The molecule has 0 atom stereocenters. The van der Waals surface area contributed by atoms with E-state index in [1.807, 2.05) is 18.2 Å². The van der Waals surface area contributed by atoms with E-state index in [9.17, 15) is 14.4 Å². The van der Waals surface area contributed by atoms with Gasteiger partial charge in [-0.2, -0.15) is 0 Å². The van der Waals surface area contributed by atoms with Crippen LogP contribution in [0.1, 0.15) is 42.5 Å². The topological polar surface area (TPSA) is 104 Å². The van der Waals surface area contributed by atoms with Crippen molar-refractivity contribution in [3.05, 3.63) is 69.2 Å². The lowest BCUT2D eigenvalue weighted by atomic mass is 9.83. The van der Waals surface area contributed by atoms with Gasteiger partial charge < -0.3 is 15.6 Å². The summed E-state index contributed by atoms with van der Waals surface area (Å²) in [6.45, 7) is 2.73. The van der Waals surface area contributed by atoms with Crippen molar-refractivity contribution in [2.24, 2.45) is 5.73 Å². The van der Waals surface area contributed by atoms with Crippen LogP contribution in [0.5, 0.6) is 0 Å². The van der Waals surface area contributed by atoms with Crippen molar-refractivity contribution >= 4 is 34.9 Å². The molecule has 3 heterocycles. The molecule has 35 heavy (non-hydrogen) atoms. The van der Waals surface area contributed by atoms with Crippen LogP contribution in [-0.2, 0) is 4.79 Å². The molecular formula is C26H29N5O3S. The van der Waals surface area contributed by atoms with E-state index in [-0.39, 0.29) is 17.4 Å². The van der Waals surface area contributed by atoms with Crippen molar-refractivity contribution in [2.45, 2.75) is 37.6 Å². The molecule has 2 aliphatic heterocycles. The summed E-state index contributed by atoms with van der Waals surface area (Å²) in [5, 5.41) is 0.543. The highest BCUT2D eigenvalue weighted by Gasteiger charge is 2.45. The number of fused-ring (bicyclic) bond motifs is 1. The van der Waals surface area contributed by atoms with Gasteiger partial charge in [0.1, 0.15) is 5.54 Å². The zero-order chi connectivity index (χ0) is 24.6. The highest BCUT2D eigenvalue weighted by Crippen LogP contribution is 2.32. The van der Waals surface area contributed by atoms with Gasteiger partial charge in [0, 0.05) is 18.7 Å². The Balaban J connectivity index is 1.34. The Morgan fingerprint density at radius 2 is 1.57 bits per heavy atom. The number of hydrogen-bond acceptors (Lipinski definition) is 5. The molecule has 0 radical (unpaired) electrons. The molecule has 0 saturated carbocycles. The molecule has 2 aromatic carbocycles. The van der Waals surface area contributed by atoms with Crippen LogP contribution in [0.4, 0.5) is 0 Å². The van der Waals surface area contributed by atoms with Gasteiger partial charge in [0.15, 0.2) is 4.77 Å². The van der Waals surface area contributed by atoms with Crippen LogP contribution in [0.25, 0.3) is 16.6 Å². The molecule has 0 aliphatic carbocycles. The molecule has 2 amide bonds. The molecule has 9 heteroatoms. The number of carbonyl (C=O) groups excluding carboxylic acids is 2. The van der Waals surface area contributed by atoms with E-state index in [1.165, 1.54) is 11.0 Å². The summed E-state index contributed by atoms with van der Waals surface area (Å²) < 4.78 is 1.73. The minimum Gasteiger partial charge on any atom is -0.368 e. The number of nitrogens with one attached hydrogen (secondary N) is 1. The van der Waals surface area contributed by atoms with Crippen molar-refractivity contribution in [1.29, 1.82) is 0 Å². The summed E-state index contributed by atoms with van der Waals surface area (Å²) in [5.41, 5.74) is 6.82. The number of amides is 2. The van der Waals surface area contributed by atoms with Gasteiger partial charge >= 0.3 is 0 Å². The molecule has 8 nitrogen and oxygen atoms in total. The smallest absolute Gasteiger partial charge is 0.266 e. The van der Waals surface area contributed by atoms with E-state index < -0.39 is 5.54 Å². The van der Waals surface area contributed by atoms with Crippen molar-refractivity contribution in [3.8, 4) is 5.69 Å². The van der Waals surface area contributed by atoms with Gasteiger partial charge in [-0.25, -0.2) is 0 Å². The van der Waals surface area contributed by atoms with E-state index in [0.717, 1.165) is 25.9 Å². The lowest BCUT2D eigenvalue weighted by molar-refractivity contribution is -0.134. The first kappa shape index (κ1) is 23.4. The molecule has 0 unspecified atom stereocenters. The summed E-state index contributed by atoms with van der Waals surface area (Å²) >= 11 is 5.42. The number of primary amides is 1. The van der Waals surface area contributed by atoms with Crippen LogP contribution in [0, 0.1) is 4.77 Å². The Morgan fingerprint density at radius 3 is 2.23 bits per heavy atom. The predicted molar refractivity (Wildman–Crippen MR) is 137 cm³/mol. The van der Waals surface area contributed by atoms with Crippen molar-refractivity contribution in [2.75, 3.05) is 26.2 Å². The average molecular weight is 492 g/mol. The second kappa shape index (κ2) is 9.39. The number of aromatic amines is 1. The zero-order valence-electron chi connectivity index (χ0n) is 19.5. The van der Waals surface area contributed by atoms with E-state index in [2.05, 4.69) is 9.88 Å². The second-order valence-electron chi connectivity index (χ2n) is 9.40. The number of hydrogen-bond donors (Lipinski definition) is 2. The van der Waals surface area contributed by atoms with E-state index in [1.54, 1.807) is 35.2 Å². The average Bonchev–Trinajstić information content (AvgIpc) is 2.89. The largest absolute Gasteiger partial charge is 0.368 e. The Morgan fingerprint density at radius 1 is 0.914 bits per heavy atom. The van der Waals surface area contributed by atoms with Crippen molar-refractivity contribution in [1.82, 2.24) is 19.4 Å². The fourth-order valence-electron chi connectivity index (χ4n) is 5.45. The monoisotopic (exact) mass is 491 g/mol. The van der Waals surface area contributed by atoms with Gasteiger partial charge in [0.25, 0.3) is 11.5 Å². The van der Waals surface area contributed by atoms with Gasteiger partial charge in [0.05, 0.1) is 16.6 Å². The van der Waals surface area contributed by atoms with Crippen LogP contribution >= 0.6 is 12.2 Å². The van der Waals surface area contributed by atoms with Gasteiger partial charge in [-0.3, -0.25) is 23.9 Å². The third-order valence-electron chi connectivity index (χ3n) is 7.48. The first-order valence-corrected chi connectivity index (χ1v) is 12.5. The van der Waals surface area contributed by atoms with Gasteiger partial charge in [0.2, 0.25) is 5.91 Å². The minimum absolute atomic E-state index is 0.0933.